The van der Waals surface area contributed by atoms with Gasteiger partial charge in [-0.15, -0.1) is 0 Å². The van der Waals surface area contributed by atoms with Crippen LogP contribution >= 0.6 is 11.6 Å². The van der Waals surface area contributed by atoms with E-state index in [1.807, 2.05) is 0 Å². The molecule has 38 heavy (non-hydrogen) atoms. The lowest BCUT2D eigenvalue weighted by atomic mass is 10.0. The van der Waals surface area contributed by atoms with Crippen LogP contribution < -0.4 is 4.90 Å². The molecule has 0 radical (unpaired) electrons. The molecule has 4 aromatic rings. The maximum atomic E-state index is 15.0. The SMILES string of the molecule is O=C(O)c1ccc(-c2nn(C(=O)c3c(Cl)cccc3C(F)(F)F)c3cc(N4CCCC4=O)ccc23)c(F)c1. The summed E-state index contributed by atoms with van der Waals surface area (Å²) in [6, 6.07) is 10.4. The van der Waals surface area contributed by atoms with Crippen molar-refractivity contribution in [3.63, 3.8) is 0 Å². The van der Waals surface area contributed by atoms with Crippen LogP contribution in [-0.2, 0) is 11.0 Å². The van der Waals surface area contributed by atoms with Crippen LogP contribution in [0.1, 0.15) is 39.1 Å². The second-order valence-corrected chi connectivity index (χ2v) is 8.98. The van der Waals surface area contributed by atoms with E-state index in [1.165, 1.54) is 17.0 Å². The Balaban J connectivity index is 1.76. The predicted molar refractivity (Wildman–Crippen MR) is 130 cm³/mol. The zero-order chi connectivity index (χ0) is 27.4. The highest BCUT2D eigenvalue weighted by Gasteiger charge is 2.37. The number of anilines is 1. The molecule has 0 atom stereocenters. The summed E-state index contributed by atoms with van der Waals surface area (Å²) < 4.78 is 57.0. The van der Waals surface area contributed by atoms with Gasteiger partial charge >= 0.3 is 12.1 Å². The molecular weight excluding hydrogens is 530 g/mol. The van der Waals surface area contributed by atoms with E-state index in [-0.39, 0.29) is 33.6 Å². The molecule has 1 aromatic heterocycles. The average molecular weight is 546 g/mol. The lowest BCUT2D eigenvalue weighted by molar-refractivity contribution is -0.138. The average Bonchev–Trinajstić information content (AvgIpc) is 3.46. The van der Waals surface area contributed by atoms with Gasteiger partial charge in [-0.25, -0.2) is 9.18 Å². The van der Waals surface area contributed by atoms with Crippen LogP contribution in [-0.4, -0.2) is 39.2 Å². The molecule has 1 fully saturated rings. The molecule has 1 amide bonds. The third-order valence-electron chi connectivity index (χ3n) is 6.25. The molecule has 5 rings (SSSR count). The van der Waals surface area contributed by atoms with Gasteiger partial charge in [0.1, 0.15) is 11.5 Å². The summed E-state index contributed by atoms with van der Waals surface area (Å²) in [5.74, 6) is -3.70. The van der Waals surface area contributed by atoms with Crippen molar-refractivity contribution in [2.24, 2.45) is 0 Å². The number of carboxylic acid groups (broad SMARTS) is 1. The van der Waals surface area contributed by atoms with Crippen LogP contribution in [0.3, 0.4) is 0 Å². The third-order valence-corrected chi connectivity index (χ3v) is 6.56. The number of halogens is 5. The first-order valence-corrected chi connectivity index (χ1v) is 11.6. The number of fused-ring (bicyclic) bond motifs is 1. The molecule has 1 N–H and O–H groups in total. The minimum absolute atomic E-state index is 0.0111. The highest BCUT2D eigenvalue weighted by molar-refractivity contribution is 6.34. The normalized spacial score (nSPS) is 13.9. The third kappa shape index (κ3) is 4.28. The summed E-state index contributed by atoms with van der Waals surface area (Å²) in [5, 5.41) is 13.1. The first-order valence-electron chi connectivity index (χ1n) is 11.2. The first kappa shape index (κ1) is 25.4. The minimum Gasteiger partial charge on any atom is -0.478 e. The molecule has 0 saturated carbocycles. The monoisotopic (exact) mass is 545 g/mol. The molecule has 7 nitrogen and oxygen atoms in total. The van der Waals surface area contributed by atoms with Crippen LogP contribution in [0.25, 0.3) is 22.2 Å². The summed E-state index contributed by atoms with van der Waals surface area (Å²) in [7, 11) is 0. The Morgan fingerprint density at radius 2 is 1.82 bits per heavy atom. The van der Waals surface area contributed by atoms with E-state index in [1.54, 1.807) is 6.07 Å². The number of aromatic carboxylic acids is 1. The Labute approximate surface area is 216 Å². The summed E-state index contributed by atoms with van der Waals surface area (Å²) in [6.45, 7) is 0.410. The van der Waals surface area contributed by atoms with Gasteiger partial charge in [-0.3, -0.25) is 9.59 Å². The molecule has 194 valence electrons. The standard InChI is InChI=1S/C26H16ClF4N3O4/c27-18-4-1-3-17(26(29,30)31)22(18)24(36)34-20-12-14(33-10-2-5-21(33)35)7-9-16(20)23(32-34)15-8-6-13(25(37)38)11-19(15)28/h1,3-4,6-9,11-12H,2,5,10H2,(H,37,38). The second-order valence-electron chi connectivity index (χ2n) is 8.58. The number of benzene rings is 3. The maximum absolute atomic E-state index is 15.0. The number of hydrogen-bond acceptors (Lipinski definition) is 4. The molecule has 1 aliphatic heterocycles. The van der Waals surface area contributed by atoms with Crippen molar-refractivity contribution in [1.29, 1.82) is 0 Å². The number of carbonyl (C=O) groups excluding carboxylic acids is 2. The van der Waals surface area contributed by atoms with E-state index in [0.717, 1.165) is 30.3 Å². The van der Waals surface area contributed by atoms with Crippen molar-refractivity contribution in [3.8, 4) is 11.3 Å². The fraction of sp³-hybridized carbons (Fsp3) is 0.154. The highest BCUT2D eigenvalue weighted by atomic mass is 35.5. The molecule has 0 aliphatic carbocycles. The Bertz CT molecular complexity index is 1650. The van der Waals surface area contributed by atoms with Crippen LogP contribution in [0.4, 0.5) is 23.2 Å². The molecule has 12 heteroatoms. The summed E-state index contributed by atoms with van der Waals surface area (Å²) in [4.78, 5) is 38.6. The summed E-state index contributed by atoms with van der Waals surface area (Å²) in [6.07, 6.45) is -3.99. The molecule has 0 bridgehead atoms. The topological polar surface area (TPSA) is 92.5 Å². The smallest absolute Gasteiger partial charge is 0.417 e. The molecule has 0 unspecified atom stereocenters. The van der Waals surface area contributed by atoms with Gasteiger partial charge in [0, 0.05) is 29.6 Å². The molecule has 2 heterocycles. The van der Waals surface area contributed by atoms with Crippen LogP contribution in [0, 0.1) is 5.82 Å². The van der Waals surface area contributed by atoms with E-state index in [4.69, 9.17) is 16.7 Å². The zero-order valence-electron chi connectivity index (χ0n) is 19.2. The molecule has 3 aromatic carbocycles. The number of carbonyl (C=O) groups is 3. The fourth-order valence-electron chi connectivity index (χ4n) is 4.47. The number of amides is 1. The fourth-order valence-corrected chi connectivity index (χ4v) is 4.73. The van der Waals surface area contributed by atoms with Gasteiger partial charge in [0.2, 0.25) is 5.91 Å². The Morgan fingerprint density at radius 1 is 1.05 bits per heavy atom. The van der Waals surface area contributed by atoms with Gasteiger partial charge in [0.15, 0.2) is 0 Å². The van der Waals surface area contributed by atoms with Gasteiger partial charge in [-0.2, -0.15) is 23.0 Å². The van der Waals surface area contributed by atoms with Crippen LogP contribution in [0.2, 0.25) is 5.02 Å². The van der Waals surface area contributed by atoms with E-state index < -0.39 is 40.0 Å². The number of alkyl halides is 3. The molecular formula is C26H16ClF4N3O4. The maximum Gasteiger partial charge on any atom is 0.417 e. The van der Waals surface area contributed by atoms with Crippen LogP contribution in [0.15, 0.2) is 54.6 Å². The number of carboxylic acids is 1. The van der Waals surface area contributed by atoms with Crippen molar-refractivity contribution in [2.45, 2.75) is 19.0 Å². The molecule has 1 saturated heterocycles. The van der Waals surface area contributed by atoms with Gasteiger partial charge < -0.3 is 10.0 Å². The lowest BCUT2D eigenvalue weighted by Crippen LogP contribution is -2.24. The van der Waals surface area contributed by atoms with E-state index >= 15 is 0 Å². The predicted octanol–water partition coefficient (Wildman–Crippen LogP) is 6.03. The number of nitrogens with zero attached hydrogens (tertiary/aromatic N) is 3. The number of hydrogen-bond donors (Lipinski definition) is 1. The largest absolute Gasteiger partial charge is 0.478 e. The lowest BCUT2D eigenvalue weighted by Gasteiger charge is -2.16. The van der Waals surface area contributed by atoms with Crippen molar-refractivity contribution in [2.75, 3.05) is 11.4 Å². The van der Waals surface area contributed by atoms with Crippen molar-refractivity contribution in [3.05, 3.63) is 82.1 Å². The quantitative estimate of drug-likeness (QED) is 0.316. The highest BCUT2D eigenvalue weighted by Crippen LogP contribution is 2.38. The number of rotatable bonds is 4. The number of aromatic nitrogens is 2. The second kappa shape index (κ2) is 9.25. The van der Waals surface area contributed by atoms with Gasteiger partial charge in [0.25, 0.3) is 5.91 Å². The van der Waals surface area contributed by atoms with E-state index in [2.05, 4.69) is 5.10 Å². The van der Waals surface area contributed by atoms with Gasteiger partial charge in [-0.1, -0.05) is 17.7 Å². The summed E-state index contributed by atoms with van der Waals surface area (Å²) >= 11 is 6.05. The van der Waals surface area contributed by atoms with Crippen molar-refractivity contribution >= 4 is 46.0 Å². The Hall–Kier alpha value is -4.25. The van der Waals surface area contributed by atoms with E-state index in [0.29, 0.717) is 35.8 Å². The molecule has 0 spiro atoms. The van der Waals surface area contributed by atoms with Crippen molar-refractivity contribution in [1.82, 2.24) is 9.78 Å². The zero-order valence-corrected chi connectivity index (χ0v) is 20.0. The van der Waals surface area contributed by atoms with Gasteiger partial charge in [0.05, 0.1) is 27.2 Å². The van der Waals surface area contributed by atoms with Gasteiger partial charge in [-0.05, 0) is 55.0 Å². The van der Waals surface area contributed by atoms with Crippen molar-refractivity contribution < 1.29 is 37.1 Å². The Kier molecular flexibility index (Phi) is 6.18. The molecule has 1 aliphatic rings. The Morgan fingerprint density at radius 3 is 2.45 bits per heavy atom. The first-order chi connectivity index (χ1) is 18.0. The van der Waals surface area contributed by atoms with Crippen LogP contribution in [0.5, 0.6) is 0 Å². The minimum atomic E-state index is -4.91. The van der Waals surface area contributed by atoms with E-state index in [9.17, 15) is 31.9 Å². The summed E-state index contributed by atoms with van der Waals surface area (Å²) in [5.41, 5.74) is -2.33.